The van der Waals surface area contributed by atoms with Crippen LogP contribution in [0.5, 0.6) is 0 Å². The molecule has 0 radical (unpaired) electrons. The van der Waals surface area contributed by atoms with Crippen LogP contribution in [0.25, 0.3) is 0 Å². The van der Waals surface area contributed by atoms with Gasteiger partial charge in [0.25, 0.3) is 0 Å². The van der Waals surface area contributed by atoms with Gasteiger partial charge >= 0.3 is 59.7 Å². The molecule has 0 heterocycles. The molecule has 1 aromatic rings. The monoisotopic (exact) mass is 1260 g/mol. The summed E-state index contributed by atoms with van der Waals surface area (Å²) in [6, 6.07) is 9.55. The lowest BCUT2D eigenvalue weighted by atomic mass is 10.2. The zero-order valence-corrected chi connectivity index (χ0v) is 57.0. The second-order valence-corrected chi connectivity index (χ2v) is 19.3. The normalized spacial score (nSPS) is 8.88. The van der Waals surface area contributed by atoms with Gasteiger partial charge in [-0.1, -0.05) is 109 Å². The van der Waals surface area contributed by atoms with E-state index in [9.17, 15) is 47.9 Å². The second-order valence-electron chi connectivity index (χ2n) is 19.3. The Hall–Kier alpha value is -8.76. The number of carbonyl (C=O) groups is 10. The van der Waals surface area contributed by atoms with Crippen LogP contribution >= 0.6 is 0 Å². The first-order valence-electron chi connectivity index (χ1n) is 27.2. The van der Waals surface area contributed by atoms with E-state index in [0.717, 1.165) is 18.4 Å². The third-order valence-electron chi connectivity index (χ3n) is 7.68. The van der Waals surface area contributed by atoms with E-state index in [1.807, 2.05) is 51.1 Å². The van der Waals surface area contributed by atoms with Crippen LogP contribution in [-0.2, 0) is 102 Å². The van der Waals surface area contributed by atoms with Crippen molar-refractivity contribution >= 4 is 59.7 Å². The third kappa shape index (κ3) is 85.8. The Morgan fingerprint density at radius 3 is 0.966 bits per heavy atom. The molecule has 0 bridgehead atoms. The Bertz CT molecular complexity index is 2340. The highest BCUT2D eigenvalue weighted by Gasteiger charge is 2.16. The molecule has 0 saturated carbocycles. The molecule has 0 aliphatic rings. The van der Waals surface area contributed by atoms with Crippen LogP contribution in [0.2, 0.25) is 0 Å². The van der Waals surface area contributed by atoms with E-state index in [0.29, 0.717) is 83.2 Å². The number of rotatable bonds is 22. The van der Waals surface area contributed by atoms with E-state index in [1.54, 1.807) is 90.2 Å². The number of ether oxygens (including phenoxy) is 10. The summed E-state index contributed by atoms with van der Waals surface area (Å²) in [6.45, 7) is 64.6. The molecule has 0 unspecified atom stereocenters. The molecule has 22 heteroatoms. The van der Waals surface area contributed by atoms with Gasteiger partial charge < -0.3 is 57.6 Å². The smallest absolute Gasteiger partial charge is 0.333 e. The minimum Gasteiger partial charge on any atom is -0.478 e. The quantitative estimate of drug-likeness (QED) is 0.0471. The molecule has 0 spiro atoms. The number of benzene rings is 1. The minimum absolute atomic E-state index is 0.0470. The number of carboxylic acids is 1. The Kier molecular flexibility index (Phi) is 71.1. The molecule has 0 amide bonds. The third-order valence-corrected chi connectivity index (χ3v) is 7.68. The summed E-state index contributed by atoms with van der Waals surface area (Å²) in [5.74, 6) is -4.03. The van der Waals surface area contributed by atoms with Gasteiger partial charge in [-0.05, 0) is 123 Å². The summed E-state index contributed by atoms with van der Waals surface area (Å²) < 4.78 is 46.4. The van der Waals surface area contributed by atoms with E-state index < -0.39 is 17.5 Å². The summed E-state index contributed by atoms with van der Waals surface area (Å²) in [7, 11) is 4.21. The standard InChI is InChI=1S/C11H12O2.2C8H14O2.C7H12O3.C7H12O2.C6H10O3.C6H10O2.2C5H8O2.C4H6O2/c1-9(2)11(12)13-8-10-6-4-3-5-7-10;1-6(2)7(9)10-8(3,4)5;1-4-5-6-10-8(9)7(2)3;1-6(2)7(8)10-5-4-9-3;1-5(2)7(8)9-6(3)4;1-5(2)6(8)9-4-3-7;1-4-8-6(7)5(2)3;2*1-4(2)5(6)7-3;1-3(2)4(5)6/h3-7H,1,8H2,2H3;1H2,2-5H3;2,4-6H2,1,3H3;1,4-5H2,2-3H3;6H,1H2,2-4H3;7H,1,3-4H2,2H3;2,4H2,1,3H3;2*1H2,2-3H3;1H2,2H3,(H,5,6). The molecule has 506 valence electrons. The van der Waals surface area contributed by atoms with Crippen LogP contribution in [0.4, 0.5) is 0 Å². The molecule has 2 N–H and O–H groups in total. The van der Waals surface area contributed by atoms with E-state index in [4.69, 9.17) is 29.2 Å². The maximum atomic E-state index is 11.0. The Balaban J connectivity index is -0.000000115. The van der Waals surface area contributed by atoms with E-state index in [1.165, 1.54) is 21.1 Å². The number of unbranched alkanes of at least 4 members (excludes halogenated alkanes) is 1. The van der Waals surface area contributed by atoms with Crippen molar-refractivity contribution in [3.8, 4) is 0 Å². The maximum Gasteiger partial charge on any atom is 0.333 e. The molecule has 0 aliphatic heterocycles. The second kappa shape index (κ2) is 63.7. The topological polar surface area (TPSA) is 303 Å². The predicted octanol–water partition coefficient (Wildman–Crippen LogP) is 11.7. The molecule has 0 aliphatic carbocycles. The lowest BCUT2D eigenvalue weighted by Crippen LogP contribution is -2.23. The van der Waals surface area contributed by atoms with Gasteiger partial charge in [0.15, 0.2) is 0 Å². The summed E-state index contributed by atoms with van der Waals surface area (Å²) in [6.07, 6.45) is 1.93. The van der Waals surface area contributed by atoms with E-state index in [2.05, 4.69) is 101 Å². The van der Waals surface area contributed by atoms with Gasteiger partial charge in [-0.2, -0.15) is 0 Å². The van der Waals surface area contributed by atoms with Gasteiger partial charge in [0.05, 0.1) is 46.8 Å². The maximum absolute atomic E-state index is 11.0. The van der Waals surface area contributed by atoms with E-state index in [-0.39, 0.29) is 72.6 Å². The van der Waals surface area contributed by atoms with Crippen LogP contribution in [-0.4, -0.2) is 143 Å². The van der Waals surface area contributed by atoms with Gasteiger partial charge in [0, 0.05) is 62.8 Å². The number of hydrogen-bond donors (Lipinski definition) is 2. The number of aliphatic hydroxyl groups is 1. The molecule has 22 nitrogen and oxygen atoms in total. The number of esters is 9. The Morgan fingerprint density at radius 1 is 0.438 bits per heavy atom. The number of aliphatic hydroxyl groups excluding tert-OH is 1. The highest BCUT2D eigenvalue weighted by atomic mass is 16.6. The molecule has 0 aromatic heterocycles. The zero-order chi connectivity index (χ0) is 72.2. The van der Waals surface area contributed by atoms with Gasteiger partial charge in [0.2, 0.25) is 0 Å². The van der Waals surface area contributed by atoms with Crippen molar-refractivity contribution in [1.29, 1.82) is 0 Å². The molecular weight excluding hydrogens is 1160 g/mol. The minimum atomic E-state index is -0.935. The summed E-state index contributed by atoms with van der Waals surface area (Å²) in [5.41, 5.74) is 4.62. The van der Waals surface area contributed by atoms with Crippen molar-refractivity contribution in [2.75, 3.05) is 61.0 Å². The summed E-state index contributed by atoms with van der Waals surface area (Å²) in [4.78, 5) is 105. The zero-order valence-electron chi connectivity index (χ0n) is 57.0. The largest absolute Gasteiger partial charge is 0.478 e. The van der Waals surface area contributed by atoms with Crippen LogP contribution < -0.4 is 0 Å². The SMILES string of the molecule is C=C(C)C(=O)O.C=C(C)C(=O)OC.C=C(C)C(=O)OC.C=C(C)C(=O)OC(C)(C)C.C=C(C)C(=O)OC(C)C.C=C(C)C(=O)OCC.C=C(C)C(=O)OCCCC.C=C(C)C(=O)OCCO.C=C(C)C(=O)OCCOC.C=C(C)C(=O)OCc1ccccc1. The lowest BCUT2D eigenvalue weighted by molar-refractivity contribution is -0.150. The van der Waals surface area contributed by atoms with E-state index >= 15 is 0 Å². The highest BCUT2D eigenvalue weighted by Crippen LogP contribution is 2.09. The fourth-order valence-electron chi connectivity index (χ4n) is 3.16. The fourth-order valence-corrected chi connectivity index (χ4v) is 3.16. The molecule has 0 atom stereocenters. The van der Waals surface area contributed by atoms with Crippen molar-refractivity contribution < 1.29 is 106 Å². The molecule has 89 heavy (non-hydrogen) atoms. The molecule has 1 aromatic carbocycles. The Labute approximate surface area is 530 Å². The van der Waals surface area contributed by atoms with Crippen LogP contribution in [0, 0.1) is 0 Å². The van der Waals surface area contributed by atoms with Crippen molar-refractivity contribution in [2.24, 2.45) is 0 Å². The van der Waals surface area contributed by atoms with Gasteiger partial charge in [-0.25, -0.2) is 47.9 Å². The average Bonchev–Trinajstić information content (AvgIpc) is 3.58. The summed E-state index contributed by atoms with van der Waals surface area (Å²) >= 11 is 0. The van der Waals surface area contributed by atoms with Crippen molar-refractivity contribution in [3.63, 3.8) is 0 Å². The fraction of sp³-hybridized carbons (Fsp3) is 0.463. The Morgan fingerprint density at radius 2 is 0.753 bits per heavy atom. The first-order chi connectivity index (χ1) is 40.8. The van der Waals surface area contributed by atoms with Gasteiger partial charge in [-0.3, -0.25) is 0 Å². The van der Waals surface area contributed by atoms with Crippen molar-refractivity contribution in [1.82, 2.24) is 0 Å². The van der Waals surface area contributed by atoms with Crippen molar-refractivity contribution in [2.45, 2.75) is 149 Å². The molecule has 0 fully saturated rings. The van der Waals surface area contributed by atoms with Crippen molar-refractivity contribution in [3.05, 3.63) is 157 Å². The van der Waals surface area contributed by atoms with Gasteiger partial charge in [-0.15, -0.1) is 0 Å². The number of methoxy groups -OCH3 is 3. The average molecular weight is 1260 g/mol. The highest BCUT2D eigenvalue weighted by molar-refractivity contribution is 5.90. The van der Waals surface area contributed by atoms with Crippen LogP contribution in [0.15, 0.2) is 152 Å². The number of hydrogen-bond acceptors (Lipinski definition) is 21. The molecular formula is C67H106O22. The van der Waals surface area contributed by atoms with Crippen LogP contribution in [0.3, 0.4) is 0 Å². The number of carboxylic acid groups (broad SMARTS) is 1. The number of aliphatic carboxylic acids is 1. The number of carbonyl (C=O) groups excluding carboxylic acids is 9. The summed E-state index contributed by atoms with van der Waals surface area (Å²) in [5, 5.41) is 16.1. The lowest BCUT2D eigenvalue weighted by Gasteiger charge is -2.19. The first-order valence-corrected chi connectivity index (χ1v) is 27.2. The molecule has 1 rings (SSSR count). The molecule has 0 saturated heterocycles. The van der Waals surface area contributed by atoms with Gasteiger partial charge in [0.1, 0.15) is 25.4 Å². The predicted molar refractivity (Wildman–Crippen MR) is 346 cm³/mol. The first kappa shape index (κ1) is 99.3. The van der Waals surface area contributed by atoms with Crippen LogP contribution in [0.1, 0.15) is 136 Å².